The Hall–Kier alpha value is -3.46. The third kappa shape index (κ3) is 5.06. The summed E-state index contributed by atoms with van der Waals surface area (Å²) in [5, 5.41) is 1.53. The minimum absolute atomic E-state index is 0.0875. The van der Waals surface area contributed by atoms with Gasteiger partial charge in [0, 0.05) is 11.1 Å². The largest absolute Gasteiger partial charge is 0.489 e. The maximum Gasteiger partial charge on any atom is 0.353 e. The molecule has 0 radical (unpaired) electrons. The predicted octanol–water partition coefficient (Wildman–Crippen LogP) is 4.30. The van der Waals surface area contributed by atoms with Crippen molar-refractivity contribution in [2.45, 2.75) is 45.0 Å². The molecule has 0 aromatic heterocycles. The van der Waals surface area contributed by atoms with Crippen LogP contribution in [0.4, 0.5) is 4.79 Å². The van der Waals surface area contributed by atoms with Crippen LogP contribution in [0.5, 0.6) is 17.2 Å². The molecular formula is C27H29NO7S. The second kappa shape index (κ2) is 10.3. The van der Waals surface area contributed by atoms with Crippen molar-refractivity contribution in [1.29, 1.82) is 0 Å². The topological polar surface area (TPSA) is 100 Å². The zero-order valence-corrected chi connectivity index (χ0v) is 21.7. The van der Waals surface area contributed by atoms with Crippen LogP contribution in [0.25, 0.3) is 6.08 Å². The second-order valence-electron chi connectivity index (χ2n) is 9.00. The molecule has 0 aliphatic carbocycles. The van der Waals surface area contributed by atoms with Gasteiger partial charge in [0.2, 0.25) is 11.5 Å². The summed E-state index contributed by atoms with van der Waals surface area (Å²) >= 11 is 0.994. The standard InChI is InChI=1S/C27H29NO7S/c1-15-16(2)23-20(7-6-12-33-23)17(3)22(15)35-27(4,25(30)32-5)14-34-19-10-8-18(9-11-19)13-21-24(29)28-26(31)36-21/h6-11,21H,12-14H2,1-5H3,(H,28,29,31). The molecule has 2 amide bonds. The van der Waals surface area contributed by atoms with Gasteiger partial charge in [-0.05, 0) is 69.0 Å². The molecule has 190 valence electrons. The van der Waals surface area contributed by atoms with Gasteiger partial charge in [0.1, 0.15) is 30.5 Å². The molecule has 2 atom stereocenters. The van der Waals surface area contributed by atoms with Gasteiger partial charge in [-0.15, -0.1) is 0 Å². The molecule has 2 aliphatic rings. The third-order valence-electron chi connectivity index (χ3n) is 6.41. The number of methoxy groups -OCH3 is 1. The minimum atomic E-state index is -1.41. The van der Waals surface area contributed by atoms with Crippen LogP contribution < -0.4 is 19.5 Å². The van der Waals surface area contributed by atoms with Crippen molar-refractivity contribution in [2.24, 2.45) is 0 Å². The number of hydrogen-bond donors (Lipinski definition) is 1. The summed E-state index contributed by atoms with van der Waals surface area (Å²) in [6.45, 7) is 7.91. The van der Waals surface area contributed by atoms with Crippen molar-refractivity contribution in [3.05, 3.63) is 58.2 Å². The van der Waals surface area contributed by atoms with Gasteiger partial charge in [-0.1, -0.05) is 30.0 Å². The summed E-state index contributed by atoms with van der Waals surface area (Å²) in [6.07, 6.45) is 4.38. The van der Waals surface area contributed by atoms with Crippen LogP contribution in [-0.2, 0) is 20.7 Å². The number of carbonyl (C=O) groups excluding carboxylic acids is 3. The summed E-state index contributed by atoms with van der Waals surface area (Å²) in [5.74, 6) is 1.11. The molecule has 2 aromatic carbocycles. The van der Waals surface area contributed by atoms with Crippen LogP contribution >= 0.6 is 11.8 Å². The first kappa shape index (κ1) is 25.6. The van der Waals surface area contributed by atoms with Crippen molar-refractivity contribution < 1.29 is 33.3 Å². The first-order chi connectivity index (χ1) is 17.1. The van der Waals surface area contributed by atoms with Crippen molar-refractivity contribution in [3.63, 3.8) is 0 Å². The highest BCUT2D eigenvalue weighted by Gasteiger charge is 2.40. The number of ether oxygens (including phenoxy) is 4. The number of fused-ring (bicyclic) bond motifs is 1. The van der Waals surface area contributed by atoms with Crippen molar-refractivity contribution in [3.8, 4) is 17.2 Å². The molecule has 9 heteroatoms. The second-order valence-corrected chi connectivity index (χ2v) is 10.2. The molecule has 0 saturated carbocycles. The van der Waals surface area contributed by atoms with E-state index in [1.54, 1.807) is 19.1 Å². The zero-order chi connectivity index (χ0) is 26.0. The first-order valence-corrected chi connectivity index (χ1v) is 12.4. The number of hydrogen-bond acceptors (Lipinski definition) is 8. The van der Waals surface area contributed by atoms with E-state index < -0.39 is 16.8 Å². The summed E-state index contributed by atoms with van der Waals surface area (Å²) < 4.78 is 23.2. The van der Waals surface area contributed by atoms with Gasteiger partial charge >= 0.3 is 5.97 Å². The van der Waals surface area contributed by atoms with Crippen LogP contribution in [0.1, 0.15) is 34.7 Å². The van der Waals surface area contributed by atoms with Crippen LogP contribution in [0, 0.1) is 20.8 Å². The van der Waals surface area contributed by atoms with Gasteiger partial charge in [0.15, 0.2) is 0 Å². The summed E-state index contributed by atoms with van der Waals surface area (Å²) in [7, 11) is 1.31. The Kier molecular flexibility index (Phi) is 7.31. The number of nitrogens with one attached hydrogen (secondary N) is 1. The maximum atomic E-state index is 12.8. The molecule has 0 bridgehead atoms. The molecule has 4 rings (SSSR count). The van der Waals surface area contributed by atoms with Gasteiger partial charge in [0.05, 0.1) is 12.4 Å². The molecule has 2 aliphatic heterocycles. The average Bonchev–Trinajstić information content (AvgIpc) is 3.20. The Balaban J connectivity index is 1.51. The van der Waals surface area contributed by atoms with E-state index in [4.69, 9.17) is 18.9 Å². The van der Waals surface area contributed by atoms with E-state index in [0.717, 1.165) is 45.3 Å². The normalized spacial score (nSPS) is 18.1. The Morgan fingerprint density at radius 3 is 2.50 bits per heavy atom. The predicted molar refractivity (Wildman–Crippen MR) is 137 cm³/mol. The number of carbonyl (C=O) groups is 3. The van der Waals surface area contributed by atoms with E-state index in [1.165, 1.54) is 7.11 Å². The van der Waals surface area contributed by atoms with E-state index >= 15 is 0 Å². The number of imide groups is 1. The Labute approximate surface area is 214 Å². The smallest absolute Gasteiger partial charge is 0.353 e. The summed E-state index contributed by atoms with van der Waals surface area (Å²) in [5.41, 5.74) is 3.11. The number of thioether (sulfide) groups is 1. The molecular weight excluding hydrogens is 482 g/mol. The lowest BCUT2D eigenvalue weighted by Crippen LogP contribution is -2.48. The summed E-state index contributed by atoms with van der Waals surface area (Å²) in [4.78, 5) is 36.0. The average molecular weight is 512 g/mol. The Morgan fingerprint density at radius 1 is 1.14 bits per heavy atom. The fourth-order valence-corrected chi connectivity index (χ4v) is 5.07. The van der Waals surface area contributed by atoms with Gasteiger partial charge < -0.3 is 18.9 Å². The van der Waals surface area contributed by atoms with Crippen molar-refractivity contribution in [1.82, 2.24) is 5.32 Å². The molecule has 36 heavy (non-hydrogen) atoms. The highest BCUT2D eigenvalue weighted by atomic mass is 32.2. The van der Waals surface area contributed by atoms with Gasteiger partial charge in [0.25, 0.3) is 5.24 Å². The lowest BCUT2D eigenvalue weighted by atomic mass is 9.95. The van der Waals surface area contributed by atoms with E-state index in [2.05, 4.69) is 5.32 Å². The molecule has 2 heterocycles. The first-order valence-electron chi connectivity index (χ1n) is 11.6. The zero-order valence-electron chi connectivity index (χ0n) is 20.9. The van der Waals surface area contributed by atoms with E-state index in [-0.39, 0.29) is 17.8 Å². The third-order valence-corrected chi connectivity index (χ3v) is 7.39. The van der Waals surface area contributed by atoms with E-state index in [1.807, 2.05) is 45.1 Å². The molecule has 2 unspecified atom stereocenters. The molecule has 8 nitrogen and oxygen atoms in total. The van der Waals surface area contributed by atoms with Crippen molar-refractivity contribution >= 4 is 35.0 Å². The van der Waals surface area contributed by atoms with Gasteiger partial charge in [-0.3, -0.25) is 14.9 Å². The van der Waals surface area contributed by atoms with Crippen LogP contribution in [0.15, 0.2) is 30.3 Å². The fraction of sp³-hybridized carbons (Fsp3) is 0.370. The monoisotopic (exact) mass is 511 g/mol. The molecule has 1 fully saturated rings. The molecule has 1 N–H and O–H groups in total. The SMILES string of the molecule is COC(=O)C(C)(COc1ccc(CC2SC(=O)NC2=O)cc1)Oc1c(C)c(C)c2c(c1C)C=CCO2. The van der Waals surface area contributed by atoms with Crippen LogP contribution in [0.2, 0.25) is 0 Å². The minimum Gasteiger partial charge on any atom is -0.489 e. The van der Waals surface area contributed by atoms with Crippen LogP contribution in [0.3, 0.4) is 0 Å². The fourth-order valence-electron chi connectivity index (χ4n) is 4.21. The number of amides is 2. The van der Waals surface area contributed by atoms with Crippen molar-refractivity contribution in [2.75, 3.05) is 20.3 Å². The van der Waals surface area contributed by atoms with E-state index in [9.17, 15) is 14.4 Å². The highest BCUT2D eigenvalue weighted by Crippen LogP contribution is 2.41. The Bertz CT molecular complexity index is 1240. The van der Waals surface area contributed by atoms with Gasteiger partial charge in [-0.2, -0.15) is 0 Å². The molecule has 2 aromatic rings. The summed E-state index contributed by atoms with van der Waals surface area (Å²) in [6, 6.07) is 7.17. The van der Waals surface area contributed by atoms with E-state index in [0.29, 0.717) is 24.5 Å². The lowest BCUT2D eigenvalue weighted by Gasteiger charge is -2.31. The maximum absolute atomic E-state index is 12.8. The Morgan fingerprint density at radius 2 is 1.86 bits per heavy atom. The number of rotatable bonds is 8. The van der Waals surface area contributed by atoms with Crippen LogP contribution in [-0.4, -0.2) is 48.3 Å². The quantitative estimate of drug-likeness (QED) is 0.524. The highest BCUT2D eigenvalue weighted by molar-refractivity contribution is 8.15. The lowest BCUT2D eigenvalue weighted by molar-refractivity contribution is -0.160. The number of benzene rings is 2. The molecule has 1 saturated heterocycles. The molecule has 0 spiro atoms. The number of esters is 1. The van der Waals surface area contributed by atoms with Gasteiger partial charge in [-0.25, -0.2) is 4.79 Å².